The van der Waals surface area contributed by atoms with Crippen LogP contribution in [0.2, 0.25) is 0 Å². The molecule has 0 unspecified atom stereocenters. The third kappa shape index (κ3) is 1.88. The van der Waals surface area contributed by atoms with Gasteiger partial charge in [0.2, 0.25) is 0 Å². The van der Waals surface area contributed by atoms with E-state index in [1.165, 1.54) is 20.4 Å². The fourth-order valence-electron chi connectivity index (χ4n) is 2.21. The highest BCUT2D eigenvalue weighted by molar-refractivity contribution is 7.17. The van der Waals surface area contributed by atoms with Crippen LogP contribution in [0.4, 0.5) is 0 Å². The maximum Gasteiger partial charge on any atom is 0.350 e. The minimum absolute atomic E-state index is 0.127. The van der Waals surface area contributed by atoms with Crippen molar-refractivity contribution in [3.63, 3.8) is 0 Å². The molecule has 0 spiro atoms. The summed E-state index contributed by atoms with van der Waals surface area (Å²) in [6.07, 6.45) is 1.65. The third-order valence-electron chi connectivity index (χ3n) is 3.15. The van der Waals surface area contributed by atoms with E-state index in [1.54, 1.807) is 24.4 Å². The predicted molar refractivity (Wildman–Crippen MR) is 78.8 cm³/mol. The van der Waals surface area contributed by atoms with E-state index in [0.717, 1.165) is 0 Å². The lowest BCUT2D eigenvalue weighted by atomic mass is 10.4. The van der Waals surface area contributed by atoms with Gasteiger partial charge in [0.25, 0.3) is 5.56 Å². The molecule has 0 aliphatic rings. The molecule has 0 aliphatic carbocycles. The molecule has 0 aliphatic heterocycles. The van der Waals surface area contributed by atoms with Gasteiger partial charge in [-0.3, -0.25) is 9.20 Å². The summed E-state index contributed by atoms with van der Waals surface area (Å²) in [4.78, 5) is 31.1. The lowest BCUT2D eigenvalue weighted by molar-refractivity contribution is 0.632. The van der Waals surface area contributed by atoms with E-state index in [2.05, 4.69) is 15.1 Å². The van der Waals surface area contributed by atoms with Gasteiger partial charge in [0, 0.05) is 6.20 Å². The first-order valence-corrected chi connectivity index (χ1v) is 7.11. The van der Waals surface area contributed by atoms with Crippen LogP contribution in [0, 0.1) is 0 Å². The van der Waals surface area contributed by atoms with Crippen molar-refractivity contribution >= 4 is 27.2 Å². The zero-order valence-electron chi connectivity index (χ0n) is 10.7. The van der Waals surface area contributed by atoms with Crippen LogP contribution >= 0.6 is 11.3 Å². The van der Waals surface area contributed by atoms with Crippen LogP contribution in [0.5, 0.6) is 0 Å². The smallest absolute Gasteiger partial charge is 0.308 e. The SMILES string of the molecule is O=c1[nH]c(Cn2nc3ccccn3c2=O)nc2ccsc12. The summed E-state index contributed by atoms with van der Waals surface area (Å²) < 4.78 is 3.31. The highest BCUT2D eigenvalue weighted by atomic mass is 32.1. The molecule has 8 heteroatoms. The number of thiophene rings is 1. The van der Waals surface area contributed by atoms with Crippen molar-refractivity contribution in [2.24, 2.45) is 0 Å². The monoisotopic (exact) mass is 299 g/mol. The highest BCUT2D eigenvalue weighted by Crippen LogP contribution is 2.13. The number of aromatic amines is 1. The van der Waals surface area contributed by atoms with Gasteiger partial charge in [0.15, 0.2) is 5.65 Å². The minimum atomic E-state index is -0.265. The van der Waals surface area contributed by atoms with E-state index in [-0.39, 0.29) is 17.8 Å². The number of aromatic nitrogens is 5. The Bertz CT molecular complexity index is 1070. The summed E-state index contributed by atoms with van der Waals surface area (Å²) >= 11 is 1.34. The standard InChI is InChI=1S/C13H9N5O2S/c19-12-11-8(4-6-21-11)14-9(15-12)7-18-13(20)17-5-2-1-3-10(17)16-18/h1-6H,7H2,(H,14,15,19). The number of hydrogen-bond acceptors (Lipinski definition) is 5. The van der Waals surface area contributed by atoms with Gasteiger partial charge < -0.3 is 4.98 Å². The van der Waals surface area contributed by atoms with Gasteiger partial charge in [-0.25, -0.2) is 14.5 Å². The molecular weight excluding hydrogens is 290 g/mol. The normalized spacial score (nSPS) is 11.4. The van der Waals surface area contributed by atoms with Gasteiger partial charge in [0.05, 0.1) is 5.52 Å². The molecule has 4 rings (SSSR count). The predicted octanol–water partition coefficient (Wildman–Crippen LogP) is 0.842. The molecule has 0 aromatic carbocycles. The minimum Gasteiger partial charge on any atom is -0.308 e. The van der Waals surface area contributed by atoms with E-state index >= 15 is 0 Å². The molecule has 4 aromatic heterocycles. The van der Waals surface area contributed by atoms with Gasteiger partial charge >= 0.3 is 5.69 Å². The number of rotatable bonds is 2. The Morgan fingerprint density at radius 1 is 1.24 bits per heavy atom. The Balaban J connectivity index is 1.84. The van der Waals surface area contributed by atoms with Gasteiger partial charge in [-0.1, -0.05) is 6.07 Å². The van der Waals surface area contributed by atoms with E-state index in [1.807, 2.05) is 11.4 Å². The number of hydrogen-bond donors (Lipinski definition) is 1. The molecule has 0 radical (unpaired) electrons. The lowest BCUT2D eigenvalue weighted by Crippen LogP contribution is -2.24. The molecule has 0 bridgehead atoms. The fraction of sp³-hybridized carbons (Fsp3) is 0.0769. The molecule has 0 atom stereocenters. The maximum atomic E-state index is 12.2. The van der Waals surface area contributed by atoms with E-state index in [9.17, 15) is 9.59 Å². The Hall–Kier alpha value is -2.74. The molecule has 0 saturated carbocycles. The fourth-order valence-corrected chi connectivity index (χ4v) is 2.93. The van der Waals surface area contributed by atoms with Crippen molar-refractivity contribution in [3.8, 4) is 0 Å². The van der Waals surface area contributed by atoms with Crippen LogP contribution in [0.1, 0.15) is 5.82 Å². The molecular formula is C13H9N5O2S. The first-order valence-electron chi connectivity index (χ1n) is 6.23. The third-order valence-corrected chi connectivity index (χ3v) is 4.05. The molecule has 104 valence electrons. The Morgan fingerprint density at radius 2 is 2.14 bits per heavy atom. The number of nitrogens with one attached hydrogen (secondary N) is 1. The van der Waals surface area contributed by atoms with E-state index < -0.39 is 0 Å². The molecule has 0 saturated heterocycles. The molecule has 0 fully saturated rings. The van der Waals surface area contributed by atoms with Crippen LogP contribution in [0.15, 0.2) is 45.4 Å². The van der Waals surface area contributed by atoms with E-state index in [0.29, 0.717) is 21.7 Å². The summed E-state index contributed by atoms with van der Waals surface area (Å²) in [6.45, 7) is 0.127. The first-order chi connectivity index (χ1) is 10.2. The quantitative estimate of drug-likeness (QED) is 0.594. The Morgan fingerprint density at radius 3 is 3.00 bits per heavy atom. The number of H-pyrrole nitrogens is 1. The second kappa shape index (κ2) is 4.38. The van der Waals surface area contributed by atoms with Crippen LogP contribution in [0.3, 0.4) is 0 Å². The van der Waals surface area contributed by atoms with Gasteiger partial charge in [-0.15, -0.1) is 16.4 Å². The molecule has 21 heavy (non-hydrogen) atoms. The van der Waals surface area contributed by atoms with Gasteiger partial charge in [-0.05, 0) is 23.6 Å². The van der Waals surface area contributed by atoms with Crippen molar-refractivity contribution in [2.75, 3.05) is 0 Å². The van der Waals surface area contributed by atoms with Crippen LogP contribution in [-0.4, -0.2) is 24.1 Å². The van der Waals surface area contributed by atoms with Crippen molar-refractivity contribution in [1.29, 1.82) is 0 Å². The van der Waals surface area contributed by atoms with Crippen LogP contribution in [-0.2, 0) is 6.54 Å². The largest absolute Gasteiger partial charge is 0.350 e. The topological polar surface area (TPSA) is 85.0 Å². The zero-order chi connectivity index (χ0) is 14.4. The summed E-state index contributed by atoms with van der Waals surface area (Å²) in [5, 5.41) is 6.03. The van der Waals surface area contributed by atoms with Crippen molar-refractivity contribution in [1.82, 2.24) is 24.1 Å². The lowest BCUT2D eigenvalue weighted by Gasteiger charge is -1.99. The maximum absolute atomic E-state index is 12.2. The molecule has 1 N–H and O–H groups in total. The van der Waals surface area contributed by atoms with Crippen LogP contribution < -0.4 is 11.2 Å². The second-order valence-corrected chi connectivity index (χ2v) is 5.43. The summed E-state index contributed by atoms with van der Waals surface area (Å²) in [6, 6.07) is 7.10. The van der Waals surface area contributed by atoms with Crippen molar-refractivity contribution in [2.45, 2.75) is 6.54 Å². The molecule has 7 nitrogen and oxygen atoms in total. The number of fused-ring (bicyclic) bond motifs is 2. The number of nitrogens with zero attached hydrogens (tertiary/aromatic N) is 4. The average Bonchev–Trinajstić information content (AvgIpc) is 3.06. The molecule has 4 heterocycles. The van der Waals surface area contributed by atoms with Crippen LogP contribution in [0.25, 0.3) is 15.9 Å². The molecule has 0 amide bonds. The van der Waals surface area contributed by atoms with Gasteiger partial charge in [0.1, 0.15) is 17.1 Å². The average molecular weight is 299 g/mol. The molecule has 4 aromatic rings. The first kappa shape index (κ1) is 12.0. The van der Waals surface area contributed by atoms with Gasteiger partial charge in [-0.2, -0.15) is 0 Å². The summed E-state index contributed by atoms with van der Waals surface area (Å²) in [7, 11) is 0. The van der Waals surface area contributed by atoms with Crippen molar-refractivity contribution in [3.05, 3.63) is 62.5 Å². The van der Waals surface area contributed by atoms with E-state index in [4.69, 9.17) is 0 Å². The Labute approximate surface area is 121 Å². The Kier molecular flexibility index (Phi) is 2.51. The zero-order valence-corrected chi connectivity index (χ0v) is 11.5. The highest BCUT2D eigenvalue weighted by Gasteiger charge is 2.10. The second-order valence-electron chi connectivity index (χ2n) is 4.52. The summed E-state index contributed by atoms with van der Waals surface area (Å²) in [5.41, 5.74) is 0.734. The number of pyridine rings is 1. The summed E-state index contributed by atoms with van der Waals surface area (Å²) in [5.74, 6) is 0.413. The van der Waals surface area contributed by atoms with Crippen molar-refractivity contribution < 1.29 is 0 Å².